The van der Waals surface area contributed by atoms with Crippen molar-refractivity contribution in [1.82, 2.24) is 15.2 Å². The third-order valence-corrected chi connectivity index (χ3v) is 5.88. The van der Waals surface area contributed by atoms with E-state index in [0.717, 1.165) is 41.8 Å². The third kappa shape index (κ3) is 3.57. The van der Waals surface area contributed by atoms with Crippen LogP contribution in [-0.4, -0.2) is 36.1 Å². The SMILES string of the molecule is CCCCNC(=O)N1CCc2c([nH]c3ccc(OC)cc23)C1c1ccccc1C. The Hall–Kier alpha value is -2.95. The van der Waals surface area contributed by atoms with Crippen LogP contribution < -0.4 is 10.1 Å². The Labute approximate surface area is 172 Å². The number of aromatic nitrogens is 1. The Bertz CT molecular complexity index is 1020. The third-order valence-electron chi connectivity index (χ3n) is 5.88. The van der Waals surface area contributed by atoms with E-state index in [1.54, 1.807) is 7.11 Å². The molecule has 2 aromatic carbocycles. The number of nitrogens with one attached hydrogen (secondary N) is 2. The Morgan fingerprint density at radius 2 is 2.10 bits per heavy atom. The molecule has 0 fully saturated rings. The Balaban J connectivity index is 1.81. The first-order chi connectivity index (χ1) is 14.1. The van der Waals surface area contributed by atoms with Crippen LogP contribution in [0.2, 0.25) is 0 Å². The molecule has 4 rings (SSSR count). The van der Waals surface area contributed by atoms with Crippen molar-refractivity contribution in [1.29, 1.82) is 0 Å². The van der Waals surface area contributed by atoms with E-state index in [9.17, 15) is 4.79 Å². The summed E-state index contributed by atoms with van der Waals surface area (Å²) in [7, 11) is 1.69. The van der Waals surface area contributed by atoms with Gasteiger partial charge in [0.1, 0.15) is 5.75 Å². The first-order valence-electron chi connectivity index (χ1n) is 10.4. The Kier molecular flexibility index (Phi) is 5.47. The lowest BCUT2D eigenvalue weighted by Gasteiger charge is -2.37. The number of amides is 2. The molecule has 2 amide bonds. The number of methoxy groups -OCH3 is 1. The average Bonchev–Trinajstić information content (AvgIpc) is 3.11. The number of benzene rings is 2. The van der Waals surface area contributed by atoms with Gasteiger partial charge in [-0.3, -0.25) is 0 Å². The van der Waals surface area contributed by atoms with Gasteiger partial charge in [0.15, 0.2) is 0 Å². The second-order valence-corrected chi connectivity index (χ2v) is 7.72. The van der Waals surface area contributed by atoms with E-state index in [1.807, 2.05) is 17.0 Å². The lowest BCUT2D eigenvalue weighted by molar-refractivity contribution is 0.179. The minimum absolute atomic E-state index is 0.00795. The van der Waals surface area contributed by atoms with E-state index in [2.05, 4.69) is 54.5 Å². The summed E-state index contributed by atoms with van der Waals surface area (Å²) in [5, 5.41) is 4.29. The maximum absolute atomic E-state index is 13.1. The minimum Gasteiger partial charge on any atom is -0.497 e. The number of H-pyrrole nitrogens is 1. The van der Waals surface area contributed by atoms with Crippen molar-refractivity contribution >= 4 is 16.9 Å². The van der Waals surface area contributed by atoms with Crippen molar-refractivity contribution < 1.29 is 9.53 Å². The van der Waals surface area contributed by atoms with Gasteiger partial charge in [0.2, 0.25) is 0 Å². The fourth-order valence-electron chi connectivity index (χ4n) is 4.30. The number of hydrogen-bond donors (Lipinski definition) is 2. The van der Waals surface area contributed by atoms with Crippen LogP contribution in [0.4, 0.5) is 4.79 Å². The molecule has 2 N–H and O–H groups in total. The van der Waals surface area contributed by atoms with E-state index >= 15 is 0 Å². The number of fused-ring (bicyclic) bond motifs is 3. The summed E-state index contributed by atoms with van der Waals surface area (Å²) in [4.78, 5) is 18.7. The van der Waals surface area contributed by atoms with Gasteiger partial charge in [-0.05, 0) is 54.7 Å². The van der Waals surface area contributed by atoms with Crippen LogP contribution in [0, 0.1) is 6.92 Å². The van der Waals surface area contributed by atoms with Gasteiger partial charge in [0.25, 0.3) is 0 Å². The highest BCUT2D eigenvalue weighted by atomic mass is 16.5. The number of aromatic amines is 1. The number of rotatable bonds is 5. The van der Waals surface area contributed by atoms with Gasteiger partial charge >= 0.3 is 6.03 Å². The van der Waals surface area contributed by atoms with Crippen LogP contribution in [0.3, 0.4) is 0 Å². The summed E-state index contributed by atoms with van der Waals surface area (Å²) in [6.45, 7) is 5.65. The first kappa shape index (κ1) is 19.4. The summed E-state index contributed by atoms with van der Waals surface area (Å²) in [6, 6.07) is 14.4. The number of aryl methyl sites for hydroxylation is 1. The van der Waals surface area contributed by atoms with E-state index in [-0.39, 0.29) is 12.1 Å². The van der Waals surface area contributed by atoms with E-state index in [0.29, 0.717) is 13.1 Å². The second-order valence-electron chi connectivity index (χ2n) is 7.72. The molecular formula is C24H29N3O2. The van der Waals surface area contributed by atoms with Gasteiger partial charge in [-0.1, -0.05) is 37.6 Å². The highest BCUT2D eigenvalue weighted by molar-refractivity contribution is 5.87. The lowest BCUT2D eigenvalue weighted by atomic mass is 9.90. The van der Waals surface area contributed by atoms with Crippen molar-refractivity contribution in [3.05, 3.63) is 64.8 Å². The Morgan fingerprint density at radius 1 is 1.28 bits per heavy atom. The molecule has 1 atom stereocenters. The fraction of sp³-hybridized carbons (Fsp3) is 0.375. The zero-order valence-electron chi connectivity index (χ0n) is 17.4. The molecule has 152 valence electrons. The molecule has 5 nitrogen and oxygen atoms in total. The zero-order chi connectivity index (χ0) is 20.4. The van der Waals surface area contributed by atoms with Crippen molar-refractivity contribution in [3.8, 4) is 5.75 Å². The zero-order valence-corrected chi connectivity index (χ0v) is 17.4. The summed E-state index contributed by atoms with van der Waals surface area (Å²) in [5.74, 6) is 0.853. The molecule has 0 bridgehead atoms. The molecule has 1 aliphatic rings. The van der Waals surface area contributed by atoms with Gasteiger partial charge in [-0.2, -0.15) is 0 Å². The van der Waals surface area contributed by atoms with E-state index in [4.69, 9.17) is 4.74 Å². The number of ether oxygens (including phenoxy) is 1. The number of urea groups is 1. The summed E-state index contributed by atoms with van der Waals surface area (Å²) < 4.78 is 5.44. The molecule has 0 spiro atoms. The van der Waals surface area contributed by atoms with E-state index < -0.39 is 0 Å². The van der Waals surface area contributed by atoms with Crippen LogP contribution in [0.1, 0.15) is 48.2 Å². The fourth-order valence-corrected chi connectivity index (χ4v) is 4.30. The smallest absolute Gasteiger partial charge is 0.318 e. The molecule has 5 heteroatoms. The largest absolute Gasteiger partial charge is 0.497 e. The predicted molar refractivity (Wildman–Crippen MR) is 117 cm³/mol. The minimum atomic E-state index is -0.125. The molecule has 1 aromatic heterocycles. The van der Waals surface area contributed by atoms with Crippen LogP contribution in [0.25, 0.3) is 10.9 Å². The van der Waals surface area contributed by atoms with Gasteiger partial charge in [-0.15, -0.1) is 0 Å². The van der Waals surface area contributed by atoms with Crippen molar-refractivity contribution in [2.24, 2.45) is 0 Å². The molecule has 0 aliphatic carbocycles. The Morgan fingerprint density at radius 3 is 2.86 bits per heavy atom. The van der Waals surface area contributed by atoms with Crippen LogP contribution in [0.15, 0.2) is 42.5 Å². The van der Waals surface area contributed by atoms with Crippen LogP contribution in [-0.2, 0) is 6.42 Å². The van der Waals surface area contributed by atoms with Gasteiger partial charge in [-0.25, -0.2) is 4.79 Å². The topological polar surface area (TPSA) is 57.4 Å². The van der Waals surface area contributed by atoms with Gasteiger partial charge < -0.3 is 19.9 Å². The van der Waals surface area contributed by atoms with E-state index in [1.165, 1.54) is 16.5 Å². The van der Waals surface area contributed by atoms with Crippen molar-refractivity contribution in [2.75, 3.05) is 20.2 Å². The normalized spacial score (nSPS) is 16.0. The number of unbranched alkanes of at least 4 members (excludes halogenated alkanes) is 1. The molecule has 29 heavy (non-hydrogen) atoms. The van der Waals surface area contributed by atoms with Gasteiger partial charge in [0.05, 0.1) is 13.2 Å². The molecular weight excluding hydrogens is 362 g/mol. The molecule has 0 saturated carbocycles. The highest BCUT2D eigenvalue weighted by Gasteiger charge is 2.35. The maximum atomic E-state index is 13.1. The summed E-state index contributed by atoms with van der Waals surface area (Å²) in [6.07, 6.45) is 2.88. The lowest BCUT2D eigenvalue weighted by Crippen LogP contribution is -2.46. The van der Waals surface area contributed by atoms with Crippen molar-refractivity contribution in [2.45, 2.75) is 39.2 Å². The summed E-state index contributed by atoms with van der Waals surface area (Å²) in [5.41, 5.74) is 5.83. The quantitative estimate of drug-likeness (QED) is 0.605. The average molecular weight is 392 g/mol. The van der Waals surface area contributed by atoms with Crippen LogP contribution in [0.5, 0.6) is 5.75 Å². The molecule has 0 radical (unpaired) electrons. The summed E-state index contributed by atoms with van der Waals surface area (Å²) >= 11 is 0. The predicted octanol–water partition coefficient (Wildman–Crippen LogP) is 4.94. The standard InChI is InChI=1S/C24H29N3O2/c1-4-5-13-25-24(28)27-14-12-19-20-15-17(29-3)10-11-21(20)26-22(19)23(27)18-9-7-6-8-16(18)2/h6-11,15,23,26H,4-5,12-14H2,1-3H3,(H,25,28). The monoisotopic (exact) mass is 391 g/mol. The first-order valence-corrected chi connectivity index (χ1v) is 10.4. The van der Waals surface area contributed by atoms with Crippen molar-refractivity contribution in [3.63, 3.8) is 0 Å². The highest BCUT2D eigenvalue weighted by Crippen LogP contribution is 2.40. The molecule has 1 unspecified atom stereocenters. The second kappa shape index (κ2) is 8.19. The van der Waals surface area contributed by atoms with Gasteiger partial charge in [0, 0.05) is 29.7 Å². The molecule has 3 aromatic rings. The molecule has 0 saturated heterocycles. The molecule has 2 heterocycles. The molecule has 1 aliphatic heterocycles. The number of hydrogen-bond acceptors (Lipinski definition) is 2. The number of carbonyl (C=O) groups excluding carboxylic acids is 1. The maximum Gasteiger partial charge on any atom is 0.318 e. The van der Waals surface area contributed by atoms with Crippen LogP contribution >= 0.6 is 0 Å². The number of nitrogens with zero attached hydrogens (tertiary/aromatic N) is 1. The number of carbonyl (C=O) groups is 1.